The summed E-state index contributed by atoms with van der Waals surface area (Å²) >= 11 is 0. The molecule has 0 spiro atoms. The molecule has 2 aromatic carbocycles. The van der Waals surface area contributed by atoms with E-state index >= 15 is 4.39 Å². The van der Waals surface area contributed by atoms with Gasteiger partial charge in [-0.25, -0.2) is 8.78 Å². The SMILES string of the molecule is CCCCN(C)Cc1cc(N)c(C(C)/C(NC)=C(\CCNCC(C)(C)F)c2ccccc2)c(F)c1. The van der Waals surface area contributed by atoms with E-state index in [-0.39, 0.29) is 18.3 Å². The van der Waals surface area contributed by atoms with Crippen LogP contribution in [-0.2, 0) is 6.54 Å². The van der Waals surface area contributed by atoms with Crippen LogP contribution in [0.3, 0.4) is 0 Å². The molecule has 1 unspecified atom stereocenters. The van der Waals surface area contributed by atoms with E-state index in [9.17, 15) is 4.39 Å². The summed E-state index contributed by atoms with van der Waals surface area (Å²) in [5.74, 6) is -0.562. The maximum atomic E-state index is 15.5. The lowest BCUT2D eigenvalue weighted by molar-refractivity contribution is 0.211. The molecule has 0 saturated heterocycles. The van der Waals surface area contributed by atoms with Crippen LogP contribution in [0.25, 0.3) is 5.57 Å². The zero-order chi connectivity index (χ0) is 26.0. The fourth-order valence-electron chi connectivity index (χ4n) is 4.51. The number of nitrogens with two attached hydrogens (primary N) is 1. The molecule has 35 heavy (non-hydrogen) atoms. The third-order valence-corrected chi connectivity index (χ3v) is 6.25. The highest BCUT2D eigenvalue weighted by Gasteiger charge is 2.23. The van der Waals surface area contributed by atoms with Gasteiger partial charge in [0.1, 0.15) is 11.5 Å². The van der Waals surface area contributed by atoms with Crippen LogP contribution in [0.4, 0.5) is 14.5 Å². The smallest absolute Gasteiger partial charge is 0.129 e. The molecule has 6 heteroatoms. The number of rotatable bonds is 14. The number of nitrogen functional groups attached to an aromatic ring is 1. The summed E-state index contributed by atoms with van der Waals surface area (Å²) in [6, 6.07) is 13.6. The largest absolute Gasteiger partial charge is 0.398 e. The van der Waals surface area contributed by atoms with Gasteiger partial charge in [0.15, 0.2) is 0 Å². The van der Waals surface area contributed by atoms with E-state index in [4.69, 9.17) is 5.73 Å². The molecule has 0 fully saturated rings. The Morgan fingerprint density at radius 3 is 2.43 bits per heavy atom. The molecule has 0 radical (unpaired) electrons. The van der Waals surface area contributed by atoms with Crippen LogP contribution in [-0.4, -0.2) is 44.3 Å². The number of nitrogens with zero attached hydrogens (tertiary/aromatic N) is 1. The quantitative estimate of drug-likeness (QED) is 0.223. The number of alkyl halides is 1. The number of nitrogens with one attached hydrogen (secondary N) is 2. The first-order valence-electron chi connectivity index (χ1n) is 12.7. The van der Waals surface area contributed by atoms with Crippen molar-refractivity contribution in [2.24, 2.45) is 0 Å². The highest BCUT2D eigenvalue weighted by Crippen LogP contribution is 2.35. The molecule has 0 saturated carbocycles. The molecule has 0 aliphatic carbocycles. The lowest BCUT2D eigenvalue weighted by Gasteiger charge is -2.25. The summed E-state index contributed by atoms with van der Waals surface area (Å²) in [4.78, 5) is 2.19. The van der Waals surface area contributed by atoms with Crippen LogP contribution in [0.5, 0.6) is 0 Å². The lowest BCUT2D eigenvalue weighted by atomic mass is 9.88. The predicted octanol–water partition coefficient (Wildman–Crippen LogP) is 6.10. The number of benzene rings is 2. The van der Waals surface area contributed by atoms with E-state index in [0.717, 1.165) is 41.8 Å². The number of halogens is 2. The lowest BCUT2D eigenvalue weighted by Crippen LogP contribution is -2.31. The van der Waals surface area contributed by atoms with Gasteiger partial charge >= 0.3 is 0 Å². The number of allylic oxidation sites excluding steroid dienone is 1. The first kappa shape index (κ1) is 28.8. The van der Waals surface area contributed by atoms with Gasteiger partial charge < -0.3 is 21.3 Å². The van der Waals surface area contributed by atoms with Crippen LogP contribution in [0.15, 0.2) is 48.2 Å². The second-order valence-corrected chi connectivity index (χ2v) is 10.0. The highest BCUT2D eigenvalue weighted by atomic mass is 19.1. The van der Waals surface area contributed by atoms with Crippen molar-refractivity contribution in [2.45, 2.75) is 65.1 Å². The van der Waals surface area contributed by atoms with Gasteiger partial charge in [0, 0.05) is 43.0 Å². The van der Waals surface area contributed by atoms with E-state index in [1.54, 1.807) is 19.9 Å². The molecule has 0 aliphatic rings. The van der Waals surface area contributed by atoms with Crippen LogP contribution >= 0.6 is 0 Å². The molecule has 0 aliphatic heterocycles. The van der Waals surface area contributed by atoms with Crippen molar-refractivity contribution >= 4 is 11.3 Å². The number of anilines is 1. The van der Waals surface area contributed by atoms with E-state index in [1.807, 2.05) is 57.4 Å². The topological polar surface area (TPSA) is 53.3 Å². The Kier molecular flexibility index (Phi) is 11.2. The van der Waals surface area contributed by atoms with E-state index in [1.165, 1.54) is 0 Å². The Labute approximate surface area is 211 Å². The van der Waals surface area contributed by atoms with Crippen LogP contribution < -0.4 is 16.4 Å². The average molecular weight is 487 g/mol. The van der Waals surface area contributed by atoms with Crippen molar-refractivity contribution < 1.29 is 8.78 Å². The zero-order valence-corrected chi connectivity index (χ0v) is 22.3. The Morgan fingerprint density at radius 1 is 1.17 bits per heavy atom. The monoisotopic (exact) mass is 486 g/mol. The minimum atomic E-state index is -1.28. The first-order valence-corrected chi connectivity index (χ1v) is 12.7. The predicted molar refractivity (Wildman–Crippen MR) is 146 cm³/mol. The normalized spacial score (nSPS) is 13.6. The van der Waals surface area contributed by atoms with Gasteiger partial charge in [0.25, 0.3) is 0 Å². The van der Waals surface area contributed by atoms with Gasteiger partial charge in [-0.1, -0.05) is 50.6 Å². The Bertz CT molecular complexity index is 928. The van der Waals surface area contributed by atoms with E-state index < -0.39 is 5.67 Å². The highest BCUT2D eigenvalue weighted by molar-refractivity contribution is 5.71. The molecule has 0 bridgehead atoms. The third kappa shape index (κ3) is 8.93. The average Bonchev–Trinajstić information content (AvgIpc) is 2.79. The third-order valence-electron chi connectivity index (χ3n) is 6.25. The van der Waals surface area contributed by atoms with Crippen molar-refractivity contribution in [3.8, 4) is 0 Å². The zero-order valence-electron chi connectivity index (χ0n) is 22.3. The molecule has 2 rings (SSSR count). The van der Waals surface area contributed by atoms with Crippen molar-refractivity contribution in [3.63, 3.8) is 0 Å². The molecule has 0 heterocycles. The number of hydrogen-bond donors (Lipinski definition) is 3. The molecular formula is C29H44F2N4. The molecule has 0 aromatic heterocycles. The van der Waals surface area contributed by atoms with Crippen molar-refractivity contribution in [3.05, 3.63) is 70.7 Å². The van der Waals surface area contributed by atoms with Gasteiger partial charge in [-0.3, -0.25) is 0 Å². The standard InChI is InChI=1S/C29H44F2N4/c1-7-8-16-35(6)19-22-17-25(30)27(26(32)18-22)21(2)28(33-5)24(23-12-10-9-11-13-23)14-15-34-20-29(3,4)31/h9-13,17-18,21,33-34H,7-8,14-16,19-20,32H2,1-6H3/b28-24-. The van der Waals surface area contributed by atoms with Gasteiger partial charge in [0.05, 0.1) is 0 Å². The maximum absolute atomic E-state index is 15.5. The summed E-state index contributed by atoms with van der Waals surface area (Å²) < 4.78 is 29.4. The number of hydrogen-bond acceptors (Lipinski definition) is 4. The van der Waals surface area contributed by atoms with Gasteiger partial charge in [-0.05, 0) is 75.7 Å². The van der Waals surface area contributed by atoms with Crippen LogP contribution in [0.2, 0.25) is 0 Å². The number of unbranched alkanes of at least 4 members (excludes halogenated alkanes) is 1. The number of likely N-dealkylation sites (N-methyl/N-ethyl adjacent to an activating group) is 1. The van der Waals surface area contributed by atoms with Crippen LogP contribution in [0, 0.1) is 5.82 Å². The minimum absolute atomic E-state index is 0.273. The molecule has 194 valence electrons. The summed E-state index contributed by atoms with van der Waals surface area (Å²) in [5.41, 5.74) is 10.0. The van der Waals surface area contributed by atoms with Gasteiger partial charge in [-0.15, -0.1) is 0 Å². The van der Waals surface area contributed by atoms with Crippen molar-refractivity contribution in [2.75, 3.05) is 39.5 Å². The molecule has 4 nitrogen and oxygen atoms in total. The molecule has 1 atom stereocenters. The second kappa shape index (κ2) is 13.6. The molecule has 2 aromatic rings. The fourth-order valence-corrected chi connectivity index (χ4v) is 4.51. The summed E-state index contributed by atoms with van der Waals surface area (Å²) in [6.07, 6.45) is 2.91. The van der Waals surface area contributed by atoms with Crippen molar-refractivity contribution in [1.82, 2.24) is 15.5 Å². The Balaban J connectivity index is 2.37. The first-order chi connectivity index (χ1) is 16.6. The van der Waals surface area contributed by atoms with Crippen LogP contribution in [0.1, 0.15) is 69.6 Å². The molecule has 0 amide bonds. The summed E-state index contributed by atoms with van der Waals surface area (Å²) in [5, 5.41) is 6.53. The van der Waals surface area contributed by atoms with Gasteiger partial charge in [-0.2, -0.15) is 0 Å². The summed E-state index contributed by atoms with van der Waals surface area (Å²) in [7, 11) is 3.91. The summed E-state index contributed by atoms with van der Waals surface area (Å²) in [6.45, 7) is 9.78. The molecular weight excluding hydrogens is 442 g/mol. The van der Waals surface area contributed by atoms with Gasteiger partial charge in [0.2, 0.25) is 0 Å². The second-order valence-electron chi connectivity index (χ2n) is 10.0. The van der Waals surface area contributed by atoms with E-state index in [0.29, 0.717) is 30.8 Å². The maximum Gasteiger partial charge on any atom is 0.129 e. The molecule has 4 N–H and O–H groups in total. The minimum Gasteiger partial charge on any atom is -0.398 e. The Morgan fingerprint density at radius 2 is 1.86 bits per heavy atom. The van der Waals surface area contributed by atoms with E-state index in [2.05, 4.69) is 22.5 Å². The fraction of sp³-hybridized carbons (Fsp3) is 0.517. The van der Waals surface area contributed by atoms with Crippen molar-refractivity contribution in [1.29, 1.82) is 0 Å². The Hall–Kier alpha value is -2.44.